The van der Waals surface area contributed by atoms with Crippen molar-refractivity contribution in [3.8, 4) is 11.5 Å². The Morgan fingerprint density at radius 2 is 1.64 bits per heavy atom. The maximum Gasteiger partial charge on any atom is 0.237 e. The summed E-state index contributed by atoms with van der Waals surface area (Å²) in [7, 11) is 5.16. The number of ether oxygens (including phenoxy) is 2. The number of hydrogen-bond acceptors (Lipinski definition) is 6. The minimum Gasteiger partial charge on any atom is -0.497 e. The first kappa shape index (κ1) is 26.6. The second-order valence-electron chi connectivity index (χ2n) is 9.51. The minimum absolute atomic E-state index is 0.0223. The monoisotopic (exact) mass is 539 g/mol. The van der Waals surface area contributed by atoms with Gasteiger partial charge in [-0.3, -0.25) is 4.79 Å². The fourth-order valence-corrected chi connectivity index (χ4v) is 5.71. The maximum absolute atomic E-state index is 13.0. The first-order valence-electron chi connectivity index (χ1n) is 13.1. The van der Waals surface area contributed by atoms with E-state index >= 15 is 0 Å². The van der Waals surface area contributed by atoms with Crippen LogP contribution < -0.4 is 19.7 Å². The molecule has 6 nitrogen and oxygen atoms in total. The van der Waals surface area contributed by atoms with E-state index < -0.39 is 0 Å². The number of nitrogens with one attached hydrogen (secondary N) is 1. The summed E-state index contributed by atoms with van der Waals surface area (Å²) in [6, 6.07) is 25.8. The first-order chi connectivity index (χ1) is 19.1. The second kappa shape index (κ2) is 12.3. The van der Waals surface area contributed by atoms with Crippen LogP contribution in [-0.2, 0) is 4.79 Å². The molecule has 1 N–H and O–H groups in total. The predicted octanol–water partition coefficient (Wildman–Crippen LogP) is 6.62. The second-order valence-corrected chi connectivity index (χ2v) is 10.5. The molecule has 2 aliphatic rings. The lowest BCUT2D eigenvalue weighted by molar-refractivity contribution is -0.115. The van der Waals surface area contributed by atoms with Gasteiger partial charge in [-0.05, 0) is 84.0 Å². The third-order valence-electron chi connectivity index (χ3n) is 7.08. The van der Waals surface area contributed by atoms with Gasteiger partial charge in [0.2, 0.25) is 5.91 Å². The van der Waals surface area contributed by atoms with E-state index in [0.29, 0.717) is 0 Å². The average Bonchev–Trinajstić information content (AvgIpc) is 3.00. The minimum atomic E-state index is -0.115. The molecule has 3 aromatic carbocycles. The van der Waals surface area contributed by atoms with Crippen molar-refractivity contribution in [2.75, 3.05) is 31.9 Å². The van der Waals surface area contributed by atoms with Crippen molar-refractivity contribution in [2.24, 2.45) is 4.99 Å². The van der Waals surface area contributed by atoms with E-state index in [-0.39, 0.29) is 17.7 Å². The summed E-state index contributed by atoms with van der Waals surface area (Å²) in [5, 5.41) is 4.37. The largest absolute Gasteiger partial charge is 0.497 e. The Kier molecular flexibility index (Phi) is 8.37. The fourth-order valence-electron chi connectivity index (χ4n) is 4.90. The molecule has 0 aromatic heterocycles. The van der Waals surface area contributed by atoms with Crippen molar-refractivity contribution < 1.29 is 14.3 Å². The van der Waals surface area contributed by atoms with Gasteiger partial charge in [0, 0.05) is 18.4 Å². The molecule has 5 rings (SSSR count). The molecule has 0 fully saturated rings. The molecule has 0 saturated carbocycles. The van der Waals surface area contributed by atoms with E-state index in [1.807, 2.05) is 61.6 Å². The van der Waals surface area contributed by atoms with Crippen LogP contribution in [-0.4, -0.2) is 38.1 Å². The Bertz CT molecular complexity index is 1400. The van der Waals surface area contributed by atoms with Crippen LogP contribution in [0.3, 0.4) is 0 Å². The molecule has 0 spiro atoms. The number of nitrogens with zero attached hydrogens (tertiary/aromatic N) is 2. The van der Waals surface area contributed by atoms with Crippen molar-refractivity contribution in [2.45, 2.75) is 25.3 Å². The van der Waals surface area contributed by atoms with Gasteiger partial charge >= 0.3 is 0 Å². The number of rotatable bonds is 7. The van der Waals surface area contributed by atoms with E-state index in [9.17, 15) is 4.79 Å². The predicted molar refractivity (Wildman–Crippen MR) is 160 cm³/mol. The van der Waals surface area contributed by atoms with E-state index in [0.717, 1.165) is 58.4 Å². The van der Waals surface area contributed by atoms with Crippen LogP contribution in [0.25, 0.3) is 6.08 Å². The molecule has 7 heteroatoms. The van der Waals surface area contributed by atoms with Gasteiger partial charge in [0.15, 0.2) is 5.17 Å². The van der Waals surface area contributed by atoms with Crippen LogP contribution in [0.4, 0.5) is 5.69 Å². The van der Waals surface area contributed by atoms with Gasteiger partial charge in [-0.1, -0.05) is 54.2 Å². The number of amidine groups is 1. The van der Waals surface area contributed by atoms with Crippen LogP contribution in [0.1, 0.15) is 36.4 Å². The summed E-state index contributed by atoms with van der Waals surface area (Å²) < 4.78 is 10.7. The number of carbonyl (C=O) groups is 1. The molecule has 3 aromatic rings. The van der Waals surface area contributed by atoms with Crippen LogP contribution >= 0.6 is 11.8 Å². The van der Waals surface area contributed by atoms with Crippen LogP contribution in [0, 0.1) is 0 Å². The zero-order valence-electron chi connectivity index (χ0n) is 22.5. The van der Waals surface area contributed by atoms with E-state index in [1.54, 1.807) is 19.1 Å². The molecule has 1 atom stereocenters. The van der Waals surface area contributed by atoms with Crippen molar-refractivity contribution in [3.63, 3.8) is 0 Å². The molecule has 0 bridgehead atoms. The number of para-hydroxylation sites is 1. The van der Waals surface area contributed by atoms with E-state index in [2.05, 4.69) is 35.7 Å². The van der Waals surface area contributed by atoms with Gasteiger partial charge < -0.3 is 19.7 Å². The number of allylic oxidation sites excluding steroid dienone is 1. The molecular weight excluding hydrogens is 506 g/mol. The average molecular weight is 540 g/mol. The molecule has 1 aliphatic heterocycles. The number of hydrogen-bond donors (Lipinski definition) is 1. The van der Waals surface area contributed by atoms with Gasteiger partial charge in [-0.25, -0.2) is 4.99 Å². The summed E-state index contributed by atoms with van der Waals surface area (Å²) in [5.74, 6) is 1.96. The normalized spacial score (nSPS) is 17.7. The highest BCUT2D eigenvalue weighted by atomic mass is 32.2. The lowest BCUT2D eigenvalue weighted by Gasteiger charge is -2.33. The number of aliphatic imine (C=N–C) groups is 1. The number of benzene rings is 3. The molecule has 1 aliphatic carbocycles. The summed E-state index contributed by atoms with van der Waals surface area (Å²) >= 11 is 1.45. The third-order valence-corrected chi connectivity index (χ3v) is 7.95. The summed E-state index contributed by atoms with van der Waals surface area (Å²) in [5.41, 5.74) is 6.77. The lowest BCUT2D eigenvalue weighted by atomic mass is 9.84. The molecule has 200 valence electrons. The molecule has 1 amide bonds. The highest BCUT2D eigenvalue weighted by Gasteiger charge is 2.30. The SMILES string of the molecule is COc1ccc(/C=C2\CCCC3=C2NC(SCC(=O)N(C)c2ccccc2)=N[C@@H]3c2ccc(OC)cc2)cc1. The smallest absolute Gasteiger partial charge is 0.237 e. The quantitative estimate of drug-likeness (QED) is 0.366. The van der Waals surface area contributed by atoms with Crippen LogP contribution in [0.2, 0.25) is 0 Å². The number of amides is 1. The van der Waals surface area contributed by atoms with Crippen molar-refractivity contribution >= 4 is 34.6 Å². The Hall–Kier alpha value is -3.97. The highest BCUT2D eigenvalue weighted by molar-refractivity contribution is 8.14. The molecule has 1 heterocycles. The van der Waals surface area contributed by atoms with Gasteiger partial charge in [0.05, 0.1) is 20.0 Å². The van der Waals surface area contributed by atoms with Gasteiger partial charge in [0.25, 0.3) is 0 Å². The molecule has 0 unspecified atom stereocenters. The molecular formula is C32H33N3O3S. The zero-order chi connectivity index (χ0) is 27.2. The molecule has 39 heavy (non-hydrogen) atoms. The van der Waals surface area contributed by atoms with E-state index in [1.165, 1.54) is 22.9 Å². The number of thioether (sulfide) groups is 1. The standard InChI is InChI=1S/C32H33N3O3S/c1-35(25-9-5-4-6-10-25)29(36)21-39-32-33-30(23-14-18-27(38-3)19-15-23)28-11-7-8-24(31(28)34-32)20-22-12-16-26(37-2)17-13-22/h4-6,9-10,12-20,30H,7-8,11,21H2,1-3H3,(H,33,34)/b24-20+/t30-/m1/s1. The third kappa shape index (κ3) is 6.20. The van der Waals surface area contributed by atoms with Gasteiger partial charge in [-0.2, -0.15) is 0 Å². The van der Waals surface area contributed by atoms with Gasteiger partial charge in [-0.15, -0.1) is 0 Å². The molecule has 0 saturated heterocycles. The van der Waals surface area contributed by atoms with Crippen molar-refractivity contribution in [1.29, 1.82) is 0 Å². The van der Waals surface area contributed by atoms with Crippen LogP contribution in [0.15, 0.2) is 101 Å². The summed E-state index contributed by atoms with van der Waals surface area (Å²) in [6.07, 6.45) is 5.25. The van der Waals surface area contributed by atoms with Crippen molar-refractivity contribution in [1.82, 2.24) is 5.32 Å². The summed E-state index contributed by atoms with van der Waals surface area (Å²) in [4.78, 5) is 19.8. The Balaban J connectivity index is 1.43. The topological polar surface area (TPSA) is 63.2 Å². The zero-order valence-corrected chi connectivity index (χ0v) is 23.3. The Morgan fingerprint density at radius 1 is 0.974 bits per heavy atom. The first-order valence-corrected chi connectivity index (χ1v) is 14.1. The number of methoxy groups -OCH3 is 2. The highest BCUT2D eigenvalue weighted by Crippen LogP contribution is 2.42. The number of carbonyl (C=O) groups excluding carboxylic acids is 1. The molecule has 0 radical (unpaired) electrons. The number of anilines is 1. The van der Waals surface area contributed by atoms with Crippen LogP contribution in [0.5, 0.6) is 11.5 Å². The van der Waals surface area contributed by atoms with Gasteiger partial charge in [0.1, 0.15) is 17.5 Å². The fraction of sp³-hybridized carbons (Fsp3) is 0.250. The maximum atomic E-state index is 13.0. The Morgan fingerprint density at radius 3 is 2.31 bits per heavy atom. The Labute approximate surface area is 234 Å². The van der Waals surface area contributed by atoms with E-state index in [4.69, 9.17) is 14.5 Å². The van der Waals surface area contributed by atoms with Crippen molar-refractivity contribution in [3.05, 3.63) is 107 Å². The lowest BCUT2D eigenvalue weighted by Crippen LogP contribution is -2.33. The summed E-state index contributed by atoms with van der Waals surface area (Å²) in [6.45, 7) is 0.